The highest BCUT2D eigenvalue weighted by molar-refractivity contribution is 5.83. The SMILES string of the molecule is CC1COC(CO)CN1C(=O)C1(C)CCNC1. The quantitative estimate of drug-likeness (QED) is 0.691. The predicted molar refractivity (Wildman–Crippen MR) is 63.6 cm³/mol. The van der Waals surface area contributed by atoms with Crippen LogP contribution in [0, 0.1) is 5.41 Å². The van der Waals surface area contributed by atoms with Crippen molar-refractivity contribution in [3.63, 3.8) is 0 Å². The molecule has 0 aliphatic carbocycles. The Morgan fingerprint density at radius 3 is 3.00 bits per heavy atom. The summed E-state index contributed by atoms with van der Waals surface area (Å²) in [5.74, 6) is 0.191. The van der Waals surface area contributed by atoms with Gasteiger partial charge in [-0.2, -0.15) is 0 Å². The Morgan fingerprint density at radius 1 is 1.65 bits per heavy atom. The number of amides is 1. The van der Waals surface area contributed by atoms with Crippen molar-refractivity contribution in [3.8, 4) is 0 Å². The number of hydrogen-bond acceptors (Lipinski definition) is 4. The molecular weight excluding hydrogens is 220 g/mol. The molecule has 0 spiro atoms. The maximum absolute atomic E-state index is 12.5. The van der Waals surface area contributed by atoms with Crippen molar-refractivity contribution >= 4 is 5.91 Å². The number of hydrogen-bond donors (Lipinski definition) is 2. The average molecular weight is 242 g/mol. The second kappa shape index (κ2) is 4.92. The topological polar surface area (TPSA) is 61.8 Å². The van der Waals surface area contributed by atoms with Gasteiger partial charge in [-0.1, -0.05) is 0 Å². The Bertz CT molecular complexity index is 289. The van der Waals surface area contributed by atoms with Gasteiger partial charge in [-0.15, -0.1) is 0 Å². The van der Waals surface area contributed by atoms with Crippen molar-refractivity contribution in [1.29, 1.82) is 0 Å². The first-order valence-corrected chi connectivity index (χ1v) is 6.31. The summed E-state index contributed by atoms with van der Waals surface area (Å²) in [4.78, 5) is 14.4. The van der Waals surface area contributed by atoms with Crippen molar-refractivity contribution in [2.24, 2.45) is 5.41 Å². The van der Waals surface area contributed by atoms with E-state index in [1.54, 1.807) is 0 Å². The van der Waals surface area contributed by atoms with E-state index in [-0.39, 0.29) is 30.1 Å². The summed E-state index contributed by atoms with van der Waals surface area (Å²) >= 11 is 0. The lowest BCUT2D eigenvalue weighted by atomic mass is 9.87. The van der Waals surface area contributed by atoms with E-state index in [2.05, 4.69) is 5.32 Å². The highest BCUT2D eigenvalue weighted by atomic mass is 16.5. The summed E-state index contributed by atoms with van der Waals surface area (Å²) in [5, 5.41) is 12.4. The van der Waals surface area contributed by atoms with E-state index in [0.717, 1.165) is 19.5 Å². The molecule has 2 N–H and O–H groups in total. The summed E-state index contributed by atoms with van der Waals surface area (Å²) in [6.07, 6.45) is 0.660. The number of carbonyl (C=O) groups excluding carboxylic acids is 1. The third-order valence-electron chi connectivity index (χ3n) is 3.86. The lowest BCUT2D eigenvalue weighted by molar-refractivity contribution is -0.155. The molecule has 2 saturated heterocycles. The Balaban J connectivity index is 2.06. The largest absolute Gasteiger partial charge is 0.394 e. The molecule has 2 fully saturated rings. The summed E-state index contributed by atoms with van der Waals surface area (Å²) in [6, 6.07) is 0.0997. The predicted octanol–water partition coefficient (Wildman–Crippen LogP) is -0.406. The van der Waals surface area contributed by atoms with Crippen molar-refractivity contribution in [1.82, 2.24) is 10.2 Å². The van der Waals surface area contributed by atoms with E-state index in [1.807, 2.05) is 18.7 Å². The first-order chi connectivity index (χ1) is 8.07. The maximum Gasteiger partial charge on any atom is 0.230 e. The second-order valence-corrected chi connectivity index (χ2v) is 5.43. The zero-order valence-electron chi connectivity index (χ0n) is 10.6. The number of morpholine rings is 1. The van der Waals surface area contributed by atoms with Crippen LogP contribution in [0.25, 0.3) is 0 Å². The molecule has 1 amide bonds. The molecule has 0 aromatic heterocycles. The minimum Gasteiger partial charge on any atom is -0.394 e. The van der Waals surface area contributed by atoms with Gasteiger partial charge in [0, 0.05) is 13.1 Å². The molecule has 0 aromatic carbocycles. The van der Waals surface area contributed by atoms with E-state index in [4.69, 9.17) is 9.84 Å². The van der Waals surface area contributed by atoms with Crippen LogP contribution in [0.2, 0.25) is 0 Å². The van der Waals surface area contributed by atoms with Gasteiger partial charge < -0.3 is 20.1 Å². The van der Waals surface area contributed by atoms with E-state index in [9.17, 15) is 4.79 Å². The fourth-order valence-corrected chi connectivity index (χ4v) is 2.56. The molecule has 2 aliphatic rings. The summed E-state index contributed by atoms with van der Waals surface area (Å²) < 4.78 is 5.46. The van der Waals surface area contributed by atoms with Crippen molar-refractivity contribution in [3.05, 3.63) is 0 Å². The van der Waals surface area contributed by atoms with Crippen LogP contribution in [0.3, 0.4) is 0 Å². The lowest BCUT2D eigenvalue weighted by Gasteiger charge is -2.41. The molecule has 5 heteroatoms. The number of rotatable bonds is 2. The first kappa shape index (κ1) is 12.8. The number of nitrogens with zero attached hydrogens (tertiary/aromatic N) is 1. The zero-order valence-corrected chi connectivity index (χ0v) is 10.6. The molecule has 0 radical (unpaired) electrons. The third kappa shape index (κ3) is 2.46. The molecule has 3 unspecified atom stereocenters. The van der Waals surface area contributed by atoms with E-state index < -0.39 is 0 Å². The molecular formula is C12H22N2O3. The second-order valence-electron chi connectivity index (χ2n) is 5.43. The number of nitrogens with one attached hydrogen (secondary N) is 1. The number of carbonyl (C=O) groups is 1. The molecule has 2 rings (SSSR count). The minimum atomic E-state index is -0.286. The zero-order chi connectivity index (χ0) is 12.5. The fourth-order valence-electron chi connectivity index (χ4n) is 2.56. The van der Waals surface area contributed by atoms with Crippen LogP contribution in [0.15, 0.2) is 0 Å². The number of aliphatic hydroxyl groups is 1. The molecule has 5 nitrogen and oxygen atoms in total. The van der Waals surface area contributed by atoms with Gasteiger partial charge in [-0.25, -0.2) is 0 Å². The van der Waals surface area contributed by atoms with Crippen LogP contribution in [-0.2, 0) is 9.53 Å². The van der Waals surface area contributed by atoms with E-state index in [1.165, 1.54) is 0 Å². The van der Waals surface area contributed by atoms with Gasteiger partial charge in [0.05, 0.1) is 30.8 Å². The molecule has 2 aliphatic heterocycles. The van der Waals surface area contributed by atoms with Crippen molar-refractivity contribution in [2.75, 3.05) is 32.8 Å². The van der Waals surface area contributed by atoms with Gasteiger partial charge in [-0.05, 0) is 26.8 Å². The van der Waals surface area contributed by atoms with Gasteiger partial charge in [-0.3, -0.25) is 4.79 Å². The summed E-state index contributed by atoms with van der Waals surface area (Å²) in [6.45, 7) is 6.67. The standard InChI is InChI=1S/C12H22N2O3/c1-9-7-17-10(6-15)5-14(9)11(16)12(2)3-4-13-8-12/h9-10,13,15H,3-8H2,1-2H3. The summed E-state index contributed by atoms with van der Waals surface area (Å²) in [7, 11) is 0. The van der Waals surface area contributed by atoms with E-state index >= 15 is 0 Å². The monoisotopic (exact) mass is 242 g/mol. The van der Waals surface area contributed by atoms with Gasteiger partial charge in [0.1, 0.15) is 0 Å². The third-order valence-corrected chi connectivity index (χ3v) is 3.86. The molecule has 0 bridgehead atoms. The van der Waals surface area contributed by atoms with Crippen LogP contribution in [0.1, 0.15) is 20.3 Å². The van der Waals surface area contributed by atoms with E-state index in [0.29, 0.717) is 13.2 Å². The van der Waals surface area contributed by atoms with Crippen LogP contribution >= 0.6 is 0 Å². The van der Waals surface area contributed by atoms with Gasteiger partial charge in [0.2, 0.25) is 5.91 Å². The maximum atomic E-state index is 12.5. The lowest BCUT2D eigenvalue weighted by Crippen LogP contribution is -2.56. The summed E-state index contributed by atoms with van der Waals surface area (Å²) in [5.41, 5.74) is -0.286. The van der Waals surface area contributed by atoms with Crippen LogP contribution in [0.4, 0.5) is 0 Å². The molecule has 2 heterocycles. The molecule has 0 saturated carbocycles. The van der Waals surface area contributed by atoms with Crippen LogP contribution in [0.5, 0.6) is 0 Å². The Hall–Kier alpha value is -0.650. The Labute approximate surface area is 102 Å². The van der Waals surface area contributed by atoms with Crippen LogP contribution < -0.4 is 5.32 Å². The van der Waals surface area contributed by atoms with Gasteiger partial charge in [0.15, 0.2) is 0 Å². The average Bonchev–Trinajstić information content (AvgIpc) is 2.77. The highest BCUT2D eigenvalue weighted by Gasteiger charge is 2.42. The Kier molecular flexibility index (Phi) is 3.70. The molecule has 98 valence electrons. The molecule has 3 atom stereocenters. The normalized spacial score (nSPS) is 38.4. The number of aliphatic hydroxyl groups excluding tert-OH is 1. The van der Waals surface area contributed by atoms with Crippen LogP contribution in [-0.4, -0.2) is 60.9 Å². The van der Waals surface area contributed by atoms with Gasteiger partial charge >= 0.3 is 0 Å². The van der Waals surface area contributed by atoms with Crippen molar-refractivity contribution < 1.29 is 14.6 Å². The smallest absolute Gasteiger partial charge is 0.230 e. The first-order valence-electron chi connectivity index (χ1n) is 6.31. The number of ether oxygens (including phenoxy) is 1. The van der Waals surface area contributed by atoms with Crippen molar-refractivity contribution in [2.45, 2.75) is 32.4 Å². The molecule has 0 aromatic rings. The molecule has 17 heavy (non-hydrogen) atoms. The van der Waals surface area contributed by atoms with Gasteiger partial charge in [0.25, 0.3) is 0 Å². The Morgan fingerprint density at radius 2 is 2.41 bits per heavy atom. The fraction of sp³-hybridized carbons (Fsp3) is 0.917. The highest BCUT2D eigenvalue weighted by Crippen LogP contribution is 2.29. The minimum absolute atomic E-state index is 0.0224.